The zero-order valence-electron chi connectivity index (χ0n) is 20.4. The number of piperazine rings is 1. The molecule has 0 radical (unpaired) electrons. The first-order valence-electron chi connectivity index (χ1n) is 12.2. The van der Waals surface area contributed by atoms with E-state index in [-0.39, 0.29) is 29.9 Å². The lowest BCUT2D eigenvalue weighted by atomic mass is 9.84. The fourth-order valence-corrected chi connectivity index (χ4v) is 5.61. The van der Waals surface area contributed by atoms with E-state index >= 15 is 0 Å². The van der Waals surface area contributed by atoms with Gasteiger partial charge in [-0.2, -0.15) is 13.2 Å². The summed E-state index contributed by atoms with van der Waals surface area (Å²) < 4.78 is 55.8. The fraction of sp³-hybridized carbons (Fsp3) is 0.750. The van der Waals surface area contributed by atoms with E-state index in [1.807, 2.05) is 4.90 Å². The van der Waals surface area contributed by atoms with Gasteiger partial charge in [0.1, 0.15) is 5.82 Å². The quantitative estimate of drug-likeness (QED) is 0.616. The van der Waals surface area contributed by atoms with Crippen LogP contribution in [0.1, 0.15) is 31.2 Å². The Morgan fingerprint density at radius 1 is 1.26 bits per heavy atom. The third-order valence-corrected chi connectivity index (χ3v) is 7.50. The minimum Gasteiger partial charge on any atom is -0.384 e. The molecule has 0 aromatic carbocycles. The van der Waals surface area contributed by atoms with Crippen molar-refractivity contribution in [3.05, 3.63) is 23.9 Å². The summed E-state index contributed by atoms with van der Waals surface area (Å²) in [7, 11) is 3.31. The van der Waals surface area contributed by atoms with Gasteiger partial charge in [-0.1, -0.05) is 0 Å². The largest absolute Gasteiger partial charge is 0.416 e. The van der Waals surface area contributed by atoms with E-state index in [2.05, 4.69) is 10.3 Å². The van der Waals surface area contributed by atoms with Crippen LogP contribution in [0, 0.1) is 5.41 Å². The summed E-state index contributed by atoms with van der Waals surface area (Å²) in [5, 5.41) is 3.70. The van der Waals surface area contributed by atoms with Gasteiger partial charge in [0.05, 0.1) is 30.3 Å². The maximum Gasteiger partial charge on any atom is 0.416 e. The Kier molecular flexibility index (Phi) is 8.19. The fourth-order valence-electron chi connectivity index (χ4n) is 5.61. The summed E-state index contributed by atoms with van der Waals surface area (Å²) in [6.07, 6.45) is -0.0848. The van der Waals surface area contributed by atoms with Crippen LogP contribution in [0.3, 0.4) is 0 Å². The van der Waals surface area contributed by atoms with Gasteiger partial charge in [-0.3, -0.25) is 4.79 Å². The molecule has 196 valence electrons. The summed E-state index contributed by atoms with van der Waals surface area (Å²) in [6, 6.07) is 2.42. The minimum absolute atomic E-state index is 0.00517. The van der Waals surface area contributed by atoms with Gasteiger partial charge in [-0.25, -0.2) is 4.98 Å². The Bertz CT molecular complexity index is 865. The Morgan fingerprint density at radius 2 is 2.03 bits per heavy atom. The molecule has 8 nitrogen and oxygen atoms in total. The molecule has 1 saturated carbocycles. The maximum absolute atomic E-state index is 13.7. The van der Waals surface area contributed by atoms with Crippen LogP contribution in [0.15, 0.2) is 18.3 Å². The predicted octanol–water partition coefficient (Wildman–Crippen LogP) is 2.33. The normalized spacial score (nSPS) is 30.0. The SMILES string of the molecule is COCC1(C(=O)N2CCN(c3cc(C(F)(F)F)ccn3)CC2)CC[C@@H](NC2CCOC[C@H]2OC)C1. The number of alkyl halides is 3. The van der Waals surface area contributed by atoms with Crippen molar-refractivity contribution >= 4 is 11.7 Å². The number of pyridine rings is 1. The van der Waals surface area contributed by atoms with Gasteiger partial charge in [0.2, 0.25) is 5.91 Å². The predicted molar refractivity (Wildman–Crippen MR) is 123 cm³/mol. The molecule has 2 aliphatic heterocycles. The van der Waals surface area contributed by atoms with E-state index in [0.29, 0.717) is 52.4 Å². The molecule has 3 aliphatic rings. The number of rotatable bonds is 7. The lowest BCUT2D eigenvalue weighted by Gasteiger charge is -2.40. The van der Waals surface area contributed by atoms with E-state index in [1.165, 1.54) is 6.20 Å². The molecule has 1 N–H and O–H groups in total. The molecule has 1 amide bonds. The molecule has 1 aliphatic carbocycles. The molecule has 2 saturated heterocycles. The van der Waals surface area contributed by atoms with Crippen LogP contribution in [0.5, 0.6) is 0 Å². The lowest BCUT2D eigenvalue weighted by Crippen LogP contribution is -2.55. The van der Waals surface area contributed by atoms with Crippen molar-refractivity contribution in [2.24, 2.45) is 5.41 Å². The highest BCUT2D eigenvalue weighted by Crippen LogP contribution is 2.41. The summed E-state index contributed by atoms with van der Waals surface area (Å²) in [6.45, 7) is 3.34. The number of halogens is 3. The second-order valence-electron chi connectivity index (χ2n) is 9.74. The van der Waals surface area contributed by atoms with Gasteiger partial charge in [-0.05, 0) is 37.8 Å². The Hall–Kier alpha value is -1.95. The van der Waals surface area contributed by atoms with Gasteiger partial charge in [0, 0.05) is 65.3 Å². The van der Waals surface area contributed by atoms with Crippen LogP contribution < -0.4 is 10.2 Å². The van der Waals surface area contributed by atoms with Crippen LogP contribution in [0.2, 0.25) is 0 Å². The average Bonchev–Trinajstić information content (AvgIpc) is 3.27. The smallest absolute Gasteiger partial charge is 0.384 e. The van der Waals surface area contributed by atoms with Crippen molar-refractivity contribution < 1.29 is 32.2 Å². The topological polar surface area (TPSA) is 76.2 Å². The van der Waals surface area contributed by atoms with Crippen molar-refractivity contribution in [2.45, 2.75) is 50.0 Å². The zero-order valence-corrected chi connectivity index (χ0v) is 20.4. The van der Waals surface area contributed by atoms with Crippen molar-refractivity contribution in [3.8, 4) is 0 Å². The number of amides is 1. The van der Waals surface area contributed by atoms with E-state index in [9.17, 15) is 18.0 Å². The molecular formula is C24H35F3N4O4. The number of nitrogens with zero attached hydrogens (tertiary/aromatic N) is 3. The van der Waals surface area contributed by atoms with Crippen LogP contribution in [-0.2, 0) is 25.2 Å². The second kappa shape index (κ2) is 11.0. The van der Waals surface area contributed by atoms with Crippen LogP contribution in [0.4, 0.5) is 19.0 Å². The van der Waals surface area contributed by atoms with Gasteiger partial charge in [-0.15, -0.1) is 0 Å². The molecule has 2 unspecified atom stereocenters. The average molecular weight is 501 g/mol. The minimum atomic E-state index is -4.41. The van der Waals surface area contributed by atoms with Crippen LogP contribution in [-0.4, -0.2) is 94.2 Å². The summed E-state index contributed by atoms with van der Waals surface area (Å²) in [5.41, 5.74) is -1.32. The molecule has 3 fully saturated rings. The Balaban J connectivity index is 1.37. The first kappa shape index (κ1) is 26.1. The number of carbonyl (C=O) groups is 1. The molecule has 0 spiro atoms. The van der Waals surface area contributed by atoms with Crippen molar-refractivity contribution in [1.82, 2.24) is 15.2 Å². The maximum atomic E-state index is 13.7. The number of anilines is 1. The lowest BCUT2D eigenvalue weighted by molar-refractivity contribution is -0.145. The van der Waals surface area contributed by atoms with Crippen molar-refractivity contribution in [2.75, 3.05) is 65.1 Å². The molecule has 35 heavy (non-hydrogen) atoms. The number of ether oxygens (including phenoxy) is 3. The second-order valence-corrected chi connectivity index (χ2v) is 9.74. The van der Waals surface area contributed by atoms with Gasteiger partial charge in [0.15, 0.2) is 0 Å². The molecule has 4 atom stereocenters. The first-order valence-corrected chi connectivity index (χ1v) is 12.2. The highest BCUT2D eigenvalue weighted by atomic mass is 19.4. The van der Waals surface area contributed by atoms with E-state index in [0.717, 1.165) is 31.4 Å². The first-order chi connectivity index (χ1) is 16.8. The summed E-state index contributed by atoms with van der Waals surface area (Å²) >= 11 is 0. The monoisotopic (exact) mass is 500 g/mol. The van der Waals surface area contributed by atoms with Crippen molar-refractivity contribution in [1.29, 1.82) is 0 Å². The van der Waals surface area contributed by atoms with E-state index < -0.39 is 17.2 Å². The van der Waals surface area contributed by atoms with E-state index in [4.69, 9.17) is 14.2 Å². The molecular weight excluding hydrogens is 465 g/mol. The number of carbonyl (C=O) groups excluding carboxylic acids is 1. The van der Waals surface area contributed by atoms with Crippen molar-refractivity contribution in [3.63, 3.8) is 0 Å². The standard InChI is InChI=1S/C24H35F3N4O4/c1-33-16-23(6-3-18(14-23)29-19-5-12-35-15-20(19)34-2)22(32)31-10-8-30(9-11-31)21-13-17(4-7-28-21)24(25,26)27/h4,7,13,18-20,29H,3,5-6,8-12,14-16H2,1-2H3/t18-,19?,20-,23?/m1/s1. The number of nitrogens with one attached hydrogen (secondary N) is 1. The number of hydrogen-bond acceptors (Lipinski definition) is 7. The zero-order chi connectivity index (χ0) is 25.1. The van der Waals surface area contributed by atoms with Gasteiger partial charge in [0.25, 0.3) is 0 Å². The van der Waals surface area contributed by atoms with Gasteiger partial charge < -0.3 is 29.3 Å². The molecule has 3 heterocycles. The highest BCUT2D eigenvalue weighted by Gasteiger charge is 2.48. The van der Waals surface area contributed by atoms with Crippen LogP contribution in [0.25, 0.3) is 0 Å². The molecule has 11 heteroatoms. The summed E-state index contributed by atoms with van der Waals surface area (Å²) in [4.78, 5) is 21.4. The number of aromatic nitrogens is 1. The third kappa shape index (κ3) is 5.90. The Labute approximate surface area is 204 Å². The molecule has 0 bridgehead atoms. The highest BCUT2D eigenvalue weighted by molar-refractivity contribution is 5.83. The number of methoxy groups -OCH3 is 2. The summed E-state index contributed by atoms with van der Waals surface area (Å²) in [5.74, 6) is 0.350. The Morgan fingerprint density at radius 3 is 2.71 bits per heavy atom. The number of hydrogen-bond donors (Lipinski definition) is 1. The third-order valence-electron chi connectivity index (χ3n) is 7.50. The molecule has 1 aromatic rings. The van der Waals surface area contributed by atoms with E-state index in [1.54, 1.807) is 19.1 Å². The molecule has 4 rings (SSSR count). The molecule has 1 aromatic heterocycles. The van der Waals surface area contributed by atoms with Crippen LogP contribution >= 0.6 is 0 Å². The van der Waals surface area contributed by atoms with Gasteiger partial charge >= 0.3 is 6.18 Å².